The number of rotatable bonds is 1. The lowest BCUT2D eigenvalue weighted by Crippen LogP contribution is -2.16. The summed E-state index contributed by atoms with van der Waals surface area (Å²) in [7, 11) is 0. The molecule has 0 spiro atoms. The van der Waals surface area contributed by atoms with Gasteiger partial charge in [-0.1, -0.05) is 12.2 Å². The van der Waals surface area contributed by atoms with Crippen molar-refractivity contribution in [2.24, 2.45) is 5.73 Å². The molecule has 7 heteroatoms. The fourth-order valence-corrected chi connectivity index (χ4v) is 1.57. The van der Waals surface area contributed by atoms with Crippen molar-refractivity contribution in [1.29, 1.82) is 0 Å². The van der Waals surface area contributed by atoms with Gasteiger partial charge >= 0.3 is 6.09 Å². The van der Waals surface area contributed by atoms with E-state index in [-0.39, 0.29) is 5.75 Å². The van der Waals surface area contributed by atoms with E-state index in [1.54, 1.807) is 13.0 Å². The van der Waals surface area contributed by atoms with Crippen LogP contribution in [-0.4, -0.2) is 20.7 Å². The first-order valence-corrected chi connectivity index (χ1v) is 4.54. The van der Waals surface area contributed by atoms with Crippen molar-refractivity contribution in [3.05, 3.63) is 22.6 Å². The molecule has 2 aromatic heterocycles. The summed E-state index contributed by atoms with van der Waals surface area (Å²) in [4.78, 5) is 14.8. The van der Waals surface area contributed by atoms with Crippen LogP contribution in [-0.2, 0) is 0 Å². The van der Waals surface area contributed by atoms with Gasteiger partial charge in [0.2, 0.25) is 0 Å². The third kappa shape index (κ3) is 1.68. The summed E-state index contributed by atoms with van der Waals surface area (Å²) in [6.45, 7) is 1.80. The number of amides is 1. The standard InChI is InChI=1S/C8H8N4O2S/c1-4-2-6(15)12-7(11-4)5(3-10-12)14-8(9)13/h2-3,10H,1H3,(H2,9,13). The minimum absolute atomic E-state index is 0.261. The van der Waals surface area contributed by atoms with Gasteiger partial charge in [0.1, 0.15) is 4.64 Å². The third-order valence-electron chi connectivity index (χ3n) is 1.80. The van der Waals surface area contributed by atoms with Crippen molar-refractivity contribution in [1.82, 2.24) is 14.6 Å². The van der Waals surface area contributed by atoms with Gasteiger partial charge in [-0.05, 0) is 13.0 Å². The number of aromatic nitrogens is 3. The largest absolute Gasteiger partial charge is 0.410 e. The summed E-state index contributed by atoms with van der Waals surface area (Å²) in [5, 5.41) is 2.81. The Morgan fingerprint density at radius 1 is 1.73 bits per heavy atom. The van der Waals surface area contributed by atoms with E-state index in [1.165, 1.54) is 10.7 Å². The van der Waals surface area contributed by atoms with Gasteiger partial charge in [-0.3, -0.25) is 5.10 Å². The maximum Gasteiger partial charge on any atom is 0.410 e. The number of ether oxygens (including phenoxy) is 1. The number of carbonyl (C=O) groups is 1. The maximum atomic E-state index is 10.6. The van der Waals surface area contributed by atoms with Gasteiger partial charge in [-0.15, -0.1) is 0 Å². The fourth-order valence-electron chi connectivity index (χ4n) is 1.26. The molecule has 2 aromatic rings. The highest BCUT2D eigenvalue weighted by Crippen LogP contribution is 2.17. The van der Waals surface area contributed by atoms with Crippen LogP contribution in [0.15, 0.2) is 12.3 Å². The molecule has 3 N–H and O–H groups in total. The minimum Gasteiger partial charge on any atom is -0.405 e. The molecule has 78 valence electrons. The van der Waals surface area contributed by atoms with Gasteiger partial charge in [0.15, 0.2) is 11.4 Å². The van der Waals surface area contributed by atoms with E-state index in [4.69, 9.17) is 22.7 Å². The molecule has 0 aliphatic rings. The lowest BCUT2D eigenvalue weighted by molar-refractivity contribution is 0.211. The zero-order chi connectivity index (χ0) is 11.0. The second kappa shape index (κ2) is 3.35. The number of nitrogens with zero attached hydrogens (tertiary/aromatic N) is 2. The van der Waals surface area contributed by atoms with E-state index >= 15 is 0 Å². The van der Waals surface area contributed by atoms with Gasteiger partial charge in [-0.2, -0.15) is 0 Å². The Balaban J connectivity index is 2.68. The topological polar surface area (TPSA) is 85.4 Å². The highest BCUT2D eigenvalue weighted by atomic mass is 32.1. The number of nitrogens with two attached hydrogens (primary N) is 1. The number of primary amides is 1. The van der Waals surface area contributed by atoms with Crippen LogP contribution in [0, 0.1) is 11.6 Å². The molecule has 2 rings (SSSR count). The number of aromatic amines is 1. The van der Waals surface area contributed by atoms with Crippen molar-refractivity contribution in [3.8, 4) is 5.75 Å². The lowest BCUT2D eigenvalue weighted by atomic mass is 10.4. The molecule has 0 aromatic carbocycles. The summed E-state index contributed by atoms with van der Waals surface area (Å²) < 4.78 is 6.84. The van der Waals surface area contributed by atoms with E-state index < -0.39 is 6.09 Å². The smallest absolute Gasteiger partial charge is 0.405 e. The number of aryl methyl sites for hydroxylation is 1. The van der Waals surface area contributed by atoms with Crippen LogP contribution < -0.4 is 10.5 Å². The summed E-state index contributed by atoms with van der Waals surface area (Å²) in [5.41, 5.74) is 6.10. The Morgan fingerprint density at radius 3 is 3.13 bits per heavy atom. The van der Waals surface area contributed by atoms with Crippen molar-refractivity contribution < 1.29 is 9.53 Å². The molecule has 0 aliphatic heterocycles. The van der Waals surface area contributed by atoms with Crippen molar-refractivity contribution in [3.63, 3.8) is 0 Å². The zero-order valence-corrected chi connectivity index (χ0v) is 8.67. The van der Waals surface area contributed by atoms with Crippen LogP contribution >= 0.6 is 12.2 Å². The number of carbonyl (C=O) groups excluding carboxylic acids is 1. The van der Waals surface area contributed by atoms with Gasteiger partial charge in [-0.25, -0.2) is 14.3 Å². The molecule has 1 amide bonds. The number of hydrogen-bond donors (Lipinski definition) is 2. The van der Waals surface area contributed by atoms with Crippen LogP contribution in [0.3, 0.4) is 0 Å². The molecular formula is C8H8N4O2S. The third-order valence-corrected chi connectivity index (χ3v) is 2.10. The Morgan fingerprint density at radius 2 is 2.47 bits per heavy atom. The molecule has 0 fully saturated rings. The summed E-state index contributed by atoms with van der Waals surface area (Å²) in [6.07, 6.45) is 0.591. The lowest BCUT2D eigenvalue weighted by Gasteiger charge is -1.98. The normalized spacial score (nSPS) is 10.5. The highest BCUT2D eigenvalue weighted by molar-refractivity contribution is 7.71. The number of H-pyrrole nitrogens is 1. The minimum atomic E-state index is -0.884. The highest BCUT2D eigenvalue weighted by Gasteiger charge is 2.09. The second-order valence-electron chi connectivity index (χ2n) is 2.95. The van der Waals surface area contributed by atoms with Crippen LogP contribution in [0.5, 0.6) is 5.75 Å². The van der Waals surface area contributed by atoms with Crippen molar-refractivity contribution in [2.75, 3.05) is 0 Å². The molecule has 0 saturated carbocycles. The Hall–Kier alpha value is -1.89. The molecule has 0 atom stereocenters. The quantitative estimate of drug-likeness (QED) is 0.712. The molecule has 0 radical (unpaired) electrons. The number of nitrogens with one attached hydrogen (secondary N) is 1. The first-order chi connectivity index (χ1) is 7.08. The average molecular weight is 224 g/mol. The summed E-state index contributed by atoms with van der Waals surface area (Å²) in [6, 6.07) is 1.73. The van der Waals surface area contributed by atoms with Gasteiger partial charge in [0, 0.05) is 5.69 Å². The van der Waals surface area contributed by atoms with Gasteiger partial charge < -0.3 is 10.5 Å². The monoisotopic (exact) mass is 224 g/mol. The van der Waals surface area contributed by atoms with Crippen LogP contribution in [0.2, 0.25) is 0 Å². The molecule has 0 bridgehead atoms. The Kier molecular flexibility index (Phi) is 2.16. The molecule has 0 aliphatic carbocycles. The first-order valence-electron chi connectivity index (χ1n) is 4.13. The van der Waals surface area contributed by atoms with E-state index in [9.17, 15) is 4.79 Å². The average Bonchev–Trinajstić information content (AvgIpc) is 2.48. The Bertz CT molecular complexity index is 586. The van der Waals surface area contributed by atoms with Gasteiger partial charge in [0.05, 0.1) is 6.20 Å². The molecule has 0 unspecified atom stereocenters. The maximum absolute atomic E-state index is 10.6. The molecular weight excluding hydrogens is 216 g/mol. The molecule has 2 heterocycles. The molecule has 15 heavy (non-hydrogen) atoms. The Labute approximate surface area is 89.7 Å². The van der Waals surface area contributed by atoms with Crippen molar-refractivity contribution in [2.45, 2.75) is 6.92 Å². The van der Waals surface area contributed by atoms with E-state index in [1.807, 2.05) is 0 Å². The molecule has 6 nitrogen and oxygen atoms in total. The van der Waals surface area contributed by atoms with E-state index in [0.29, 0.717) is 10.3 Å². The first kappa shape index (κ1) is 9.66. The van der Waals surface area contributed by atoms with Crippen LogP contribution in [0.25, 0.3) is 5.65 Å². The predicted molar refractivity (Wildman–Crippen MR) is 55.3 cm³/mol. The SMILES string of the molecule is Cc1cc(=S)n2[nH]cc(OC(N)=O)c2n1. The van der Waals surface area contributed by atoms with Crippen molar-refractivity contribution >= 4 is 24.0 Å². The summed E-state index contributed by atoms with van der Waals surface area (Å²) in [5.74, 6) is 0.261. The van der Waals surface area contributed by atoms with Gasteiger partial charge in [0.25, 0.3) is 0 Å². The van der Waals surface area contributed by atoms with Crippen LogP contribution in [0.1, 0.15) is 5.69 Å². The zero-order valence-electron chi connectivity index (χ0n) is 7.85. The second-order valence-corrected chi connectivity index (χ2v) is 3.37. The van der Waals surface area contributed by atoms with Crippen LogP contribution in [0.4, 0.5) is 4.79 Å². The summed E-state index contributed by atoms with van der Waals surface area (Å²) >= 11 is 5.09. The number of fused-ring (bicyclic) bond motifs is 1. The van der Waals surface area contributed by atoms with E-state index in [0.717, 1.165) is 5.69 Å². The fraction of sp³-hybridized carbons (Fsp3) is 0.125. The molecule has 0 saturated heterocycles. The number of hydrogen-bond acceptors (Lipinski definition) is 4. The van der Waals surface area contributed by atoms with E-state index in [2.05, 4.69) is 10.1 Å². The predicted octanol–water partition coefficient (Wildman–Crippen LogP) is 1.16.